The van der Waals surface area contributed by atoms with Crippen molar-refractivity contribution in [3.05, 3.63) is 71.0 Å². The molecule has 182 valence electrons. The summed E-state index contributed by atoms with van der Waals surface area (Å²) < 4.78 is 7.46. The number of hydrogen-bond acceptors (Lipinski definition) is 6. The van der Waals surface area contributed by atoms with E-state index in [-0.39, 0.29) is 23.6 Å². The van der Waals surface area contributed by atoms with Gasteiger partial charge in [0.05, 0.1) is 18.0 Å². The van der Waals surface area contributed by atoms with Gasteiger partial charge in [-0.25, -0.2) is 4.68 Å². The standard InChI is InChI=1S/C26H29N5O4/c1-3-27-25(33)19-6-12-21(13-7-19)31-23(24(29-30-31)26(34)28-20-10-11-20)5-4-16-35-22-14-8-18(9-15-22)17(2)32/h6-9,12-15,20H,3-5,10-11,16H2,1-2H3,(H,27,33)(H,28,34). The zero-order chi connectivity index (χ0) is 24.8. The van der Waals surface area contributed by atoms with Crippen molar-refractivity contribution in [1.82, 2.24) is 25.6 Å². The number of benzene rings is 2. The second-order valence-corrected chi connectivity index (χ2v) is 8.48. The average Bonchev–Trinajstić information content (AvgIpc) is 3.57. The van der Waals surface area contributed by atoms with Gasteiger partial charge in [-0.15, -0.1) is 5.10 Å². The second-order valence-electron chi connectivity index (χ2n) is 8.48. The van der Waals surface area contributed by atoms with Crippen LogP contribution < -0.4 is 15.4 Å². The van der Waals surface area contributed by atoms with Crippen molar-refractivity contribution in [2.75, 3.05) is 13.2 Å². The molecule has 9 heteroatoms. The summed E-state index contributed by atoms with van der Waals surface area (Å²) in [4.78, 5) is 36.3. The van der Waals surface area contributed by atoms with E-state index in [0.717, 1.165) is 12.8 Å². The summed E-state index contributed by atoms with van der Waals surface area (Å²) in [6.45, 7) is 4.37. The summed E-state index contributed by atoms with van der Waals surface area (Å²) in [5, 5.41) is 14.2. The zero-order valence-electron chi connectivity index (χ0n) is 19.9. The molecule has 2 amide bonds. The monoisotopic (exact) mass is 475 g/mol. The fourth-order valence-electron chi connectivity index (χ4n) is 3.62. The largest absolute Gasteiger partial charge is 0.494 e. The fraction of sp³-hybridized carbons (Fsp3) is 0.346. The summed E-state index contributed by atoms with van der Waals surface area (Å²) >= 11 is 0. The van der Waals surface area contributed by atoms with Crippen molar-refractivity contribution in [2.45, 2.75) is 45.6 Å². The molecule has 0 atom stereocenters. The van der Waals surface area contributed by atoms with E-state index in [1.54, 1.807) is 53.2 Å². The summed E-state index contributed by atoms with van der Waals surface area (Å²) in [5.41, 5.74) is 2.89. The summed E-state index contributed by atoms with van der Waals surface area (Å²) in [6.07, 6.45) is 3.10. The van der Waals surface area contributed by atoms with Crippen LogP contribution in [0.3, 0.4) is 0 Å². The Balaban J connectivity index is 1.47. The SMILES string of the molecule is CCNC(=O)c1ccc(-n2nnc(C(=O)NC3CC3)c2CCCOc2ccc(C(C)=O)cc2)cc1. The third-order valence-corrected chi connectivity index (χ3v) is 5.69. The first kappa shape index (κ1) is 24.1. The highest BCUT2D eigenvalue weighted by Gasteiger charge is 2.27. The van der Waals surface area contributed by atoms with E-state index in [9.17, 15) is 14.4 Å². The van der Waals surface area contributed by atoms with Crippen LogP contribution >= 0.6 is 0 Å². The Hall–Kier alpha value is -4.01. The van der Waals surface area contributed by atoms with Crippen LogP contribution in [0.4, 0.5) is 0 Å². The molecule has 1 fully saturated rings. The molecule has 35 heavy (non-hydrogen) atoms. The van der Waals surface area contributed by atoms with Crippen molar-refractivity contribution >= 4 is 17.6 Å². The highest BCUT2D eigenvalue weighted by Crippen LogP contribution is 2.21. The normalized spacial score (nSPS) is 12.7. The van der Waals surface area contributed by atoms with Gasteiger partial charge in [0.1, 0.15) is 5.75 Å². The average molecular weight is 476 g/mol. The lowest BCUT2D eigenvalue weighted by Crippen LogP contribution is -2.27. The molecule has 0 aliphatic heterocycles. The molecule has 1 saturated carbocycles. The molecule has 1 aromatic heterocycles. The van der Waals surface area contributed by atoms with E-state index in [1.807, 2.05) is 6.92 Å². The molecule has 2 aromatic carbocycles. The number of carbonyl (C=O) groups is 3. The van der Waals surface area contributed by atoms with E-state index in [0.29, 0.717) is 59.9 Å². The lowest BCUT2D eigenvalue weighted by atomic mass is 10.1. The number of nitrogens with one attached hydrogen (secondary N) is 2. The Kier molecular flexibility index (Phi) is 7.54. The van der Waals surface area contributed by atoms with Crippen LogP contribution in [-0.4, -0.2) is 51.8 Å². The number of nitrogens with zero attached hydrogens (tertiary/aromatic N) is 3. The molecular weight excluding hydrogens is 446 g/mol. The smallest absolute Gasteiger partial charge is 0.273 e. The number of carbonyl (C=O) groups excluding carboxylic acids is 3. The minimum Gasteiger partial charge on any atom is -0.494 e. The molecule has 4 rings (SSSR count). The van der Waals surface area contributed by atoms with Gasteiger partial charge in [0.15, 0.2) is 11.5 Å². The lowest BCUT2D eigenvalue weighted by Gasteiger charge is -2.10. The first-order valence-electron chi connectivity index (χ1n) is 11.8. The van der Waals surface area contributed by atoms with Gasteiger partial charge in [-0.3, -0.25) is 14.4 Å². The minimum absolute atomic E-state index is 0.00772. The van der Waals surface area contributed by atoms with E-state index in [2.05, 4.69) is 20.9 Å². The highest BCUT2D eigenvalue weighted by atomic mass is 16.5. The summed E-state index contributed by atoms with van der Waals surface area (Å²) in [6, 6.07) is 14.3. The fourth-order valence-corrected chi connectivity index (χ4v) is 3.62. The number of ketones is 1. The van der Waals surface area contributed by atoms with Crippen LogP contribution in [-0.2, 0) is 6.42 Å². The van der Waals surface area contributed by atoms with Crippen LogP contribution in [0.2, 0.25) is 0 Å². The molecule has 1 heterocycles. The molecule has 0 unspecified atom stereocenters. The van der Waals surface area contributed by atoms with E-state index < -0.39 is 0 Å². The Bertz CT molecular complexity index is 1200. The van der Waals surface area contributed by atoms with Gasteiger partial charge in [0, 0.05) is 23.7 Å². The zero-order valence-corrected chi connectivity index (χ0v) is 19.9. The van der Waals surface area contributed by atoms with Crippen molar-refractivity contribution in [2.24, 2.45) is 0 Å². The maximum atomic E-state index is 12.8. The van der Waals surface area contributed by atoms with Crippen LogP contribution in [0.15, 0.2) is 48.5 Å². The van der Waals surface area contributed by atoms with Gasteiger partial charge in [-0.05, 0) is 88.1 Å². The van der Waals surface area contributed by atoms with Crippen molar-refractivity contribution in [3.63, 3.8) is 0 Å². The third kappa shape index (κ3) is 6.11. The van der Waals surface area contributed by atoms with Crippen LogP contribution in [0.25, 0.3) is 5.69 Å². The van der Waals surface area contributed by atoms with E-state index in [4.69, 9.17) is 4.74 Å². The van der Waals surface area contributed by atoms with Gasteiger partial charge in [-0.1, -0.05) is 5.21 Å². The molecule has 2 N–H and O–H groups in total. The molecule has 1 aliphatic carbocycles. The Morgan fingerprint density at radius 3 is 2.31 bits per heavy atom. The van der Waals surface area contributed by atoms with Crippen LogP contribution in [0, 0.1) is 0 Å². The number of hydrogen-bond donors (Lipinski definition) is 2. The predicted molar refractivity (Wildman–Crippen MR) is 130 cm³/mol. The first-order valence-corrected chi connectivity index (χ1v) is 11.8. The van der Waals surface area contributed by atoms with Gasteiger partial charge < -0.3 is 15.4 Å². The molecule has 0 saturated heterocycles. The van der Waals surface area contributed by atoms with Gasteiger partial charge in [0.25, 0.3) is 11.8 Å². The lowest BCUT2D eigenvalue weighted by molar-refractivity contribution is 0.0940. The second kappa shape index (κ2) is 10.9. The first-order chi connectivity index (χ1) is 17.0. The Morgan fingerprint density at radius 2 is 1.69 bits per heavy atom. The number of Topliss-reactive ketones (excluding diaryl/α,β-unsaturated/α-hetero) is 1. The van der Waals surface area contributed by atoms with Gasteiger partial charge in [0.2, 0.25) is 0 Å². The van der Waals surface area contributed by atoms with Crippen molar-refractivity contribution in [1.29, 1.82) is 0 Å². The summed E-state index contributed by atoms with van der Waals surface area (Å²) in [7, 11) is 0. The molecule has 3 aromatic rings. The number of rotatable bonds is 11. The van der Waals surface area contributed by atoms with Gasteiger partial charge >= 0.3 is 0 Å². The Morgan fingerprint density at radius 1 is 1.00 bits per heavy atom. The minimum atomic E-state index is -0.228. The number of amides is 2. The molecular formula is C26H29N5O4. The topological polar surface area (TPSA) is 115 Å². The van der Waals surface area contributed by atoms with Crippen LogP contribution in [0.5, 0.6) is 5.75 Å². The molecule has 0 spiro atoms. The number of ether oxygens (including phenoxy) is 1. The predicted octanol–water partition coefficient (Wildman–Crippen LogP) is 3.12. The molecule has 0 bridgehead atoms. The van der Waals surface area contributed by atoms with Gasteiger partial charge in [-0.2, -0.15) is 0 Å². The van der Waals surface area contributed by atoms with Crippen molar-refractivity contribution in [3.8, 4) is 11.4 Å². The molecule has 9 nitrogen and oxygen atoms in total. The Labute approximate surface area is 203 Å². The van der Waals surface area contributed by atoms with Crippen molar-refractivity contribution < 1.29 is 19.1 Å². The quantitative estimate of drug-likeness (QED) is 0.325. The third-order valence-electron chi connectivity index (χ3n) is 5.69. The highest BCUT2D eigenvalue weighted by molar-refractivity contribution is 5.95. The summed E-state index contributed by atoms with van der Waals surface area (Å²) in [5.74, 6) is 0.312. The van der Waals surface area contributed by atoms with Crippen LogP contribution in [0.1, 0.15) is 70.0 Å². The maximum Gasteiger partial charge on any atom is 0.273 e. The molecule has 0 radical (unpaired) electrons. The number of aromatic nitrogens is 3. The van der Waals surface area contributed by atoms with E-state index >= 15 is 0 Å². The molecule has 1 aliphatic rings. The maximum absolute atomic E-state index is 12.8. The van der Waals surface area contributed by atoms with E-state index in [1.165, 1.54) is 6.92 Å².